The van der Waals surface area contributed by atoms with E-state index in [1.807, 2.05) is 0 Å². The Kier molecular flexibility index (Phi) is 1.47. The third-order valence-corrected chi connectivity index (χ3v) is 5.60. The Morgan fingerprint density at radius 2 is 1.92 bits per heavy atom. The zero-order chi connectivity index (χ0) is 9.10. The van der Waals surface area contributed by atoms with E-state index in [0.29, 0.717) is 5.41 Å². The molecule has 0 radical (unpaired) electrons. The molecule has 1 nitrogen and oxygen atoms in total. The largest absolute Gasteiger partial charge is 0.330 e. The van der Waals surface area contributed by atoms with Crippen LogP contribution in [0.3, 0.4) is 0 Å². The minimum atomic E-state index is 0.516. The van der Waals surface area contributed by atoms with Gasteiger partial charge in [-0.05, 0) is 61.3 Å². The van der Waals surface area contributed by atoms with Crippen LogP contribution in [0.5, 0.6) is 0 Å². The van der Waals surface area contributed by atoms with Crippen LogP contribution in [0.15, 0.2) is 0 Å². The van der Waals surface area contributed by atoms with Crippen LogP contribution in [0.25, 0.3) is 0 Å². The van der Waals surface area contributed by atoms with Gasteiger partial charge >= 0.3 is 0 Å². The van der Waals surface area contributed by atoms with Crippen LogP contribution in [0.2, 0.25) is 0 Å². The highest BCUT2D eigenvalue weighted by Gasteiger charge is 2.60. The summed E-state index contributed by atoms with van der Waals surface area (Å²) < 4.78 is 0. The van der Waals surface area contributed by atoms with Gasteiger partial charge in [-0.2, -0.15) is 0 Å². The number of rotatable bonds is 1. The van der Waals surface area contributed by atoms with Gasteiger partial charge in [-0.1, -0.05) is 13.3 Å². The summed E-state index contributed by atoms with van der Waals surface area (Å²) in [6, 6.07) is 0. The summed E-state index contributed by atoms with van der Waals surface area (Å²) in [7, 11) is 0. The van der Waals surface area contributed by atoms with E-state index in [0.717, 1.165) is 23.8 Å². The van der Waals surface area contributed by atoms with E-state index in [1.165, 1.54) is 38.5 Å². The van der Waals surface area contributed by atoms with Gasteiger partial charge < -0.3 is 5.73 Å². The Labute approximate surface area is 81.1 Å². The molecule has 13 heavy (non-hydrogen) atoms. The molecule has 3 bridgehead atoms. The normalized spacial score (nSPS) is 58.6. The van der Waals surface area contributed by atoms with Crippen molar-refractivity contribution in [3.8, 4) is 0 Å². The Morgan fingerprint density at radius 3 is 2.62 bits per heavy atom. The fourth-order valence-corrected chi connectivity index (χ4v) is 4.50. The van der Waals surface area contributed by atoms with Crippen molar-refractivity contribution in [2.45, 2.75) is 45.4 Å². The van der Waals surface area contributed by atoms with Crippen molar-refractivity contribution >= 4 is 0 Å². The SMILES string of the molecule is CC1(CN)C2CCCC3(C2)CC1C3. The average Bonchev–Trinajstić information content (AvgIpc) is 2.11. The van der Waals surface area contributed by atoms with Gasteiger partial charge in [0.1, 0.15) is 0 Å². The monoisotopic (exact) mass is 179 g/mol. The summed E-state index contributed by atoms with van der Waals surface area (Å²) in [6.45, 7) is 3.38. The minimum Gasteiger partial charge on any atom is -0.330 e. The van der Waals surface area contributed by atoms with E-state index in [-0.39, 0.29) is 0 Å². The lowest BCUT2D eigenvalue weighted by molar-refractivity contribution is -0.162. The second-order valence-corrected chi connectivity index (χ2v) is 6.11. The zero-order valence-electron chi connectivity index (χ0n) is 8.68. The molecule has 0 saturated heterocycles. The molecule has 0 aromatic carbocycles. The van der Waals surface area contributed by atoms with Crippen molar-refractivity contribution in [1.82, 2.24) is 0 Å². The van der Waals surface area contributed by atoms with Crippen LogP contribution in [0.1, 0.15) is 45.4 Å². The van der Waals surface area contributed by atoms with E-state index < -0.39 is 0 Å². The maximum absolute atomic E-state index is 5.99. The molecular weight excluding hydrogens is 158 g/mol. The molecule has 74 valence electrons. The van der Waals surface area contributed by atoms with E-state index in [9.17, 15) is 0 Å². The fraction of sp³-hybridized carbons (Fsp3) is 1.00. The van der Waals surface area contributed by atoms with E-state index >= 15 is 0 Å². The summed E-state index contributed by atoms with van der Waals surface area (Å²) in [4.78, 5) is 0. The first kappa shape index (κ1) is 8.28. The third-order valence-electron chi connectivity index (χ3n) is 5.60. The molecule has 0 heterocycles. The molecule has 1 spiro atoms. The molecule has 1 heteroatoms. The average molecular weight is 179 g/mol. The Balaban J connectivity index is 1.92. The van der Waals surface area contributed by atoms with E-state index in [1.54, 1.807) is 0 Å². The molecule has 2 N–H and O–H groups in total. The molecule has 2 unspecified atom stereocenters. The fourth-order valence-electron chi connectivity index (χ4n) is 4.50. The van der Waals surface area contributed by atoms with Gasteiger partial charge in [0.2, 0.25) is 0 Å². The molecule has 4 rings (SSSR count). The van der Waals surface area contributed by atoms with Gasteiger partial charge in [0, 0.05) is 0 Å². The molecule has 4 aliphatic carbocycles. The van der Waals surface area contributed by atoms with Gasteiger partial charge in [0.05, 0.1) is 0 Å². The third kappa shape index (κ3) is 0.869. The first-order valence-corrected chi connectivity index (χ1v) is 5.89. The van der Waals surface area contributed by atoms with E-state index in [2.05, 4.69) is 6.92 Å². The topological polar surface area (TPSA) is 26.0 Å². The summed E-state index contributed by atoms with van der Waals surface area (Å²) in [6.07, 6.45) is 9.01. The quantitative estimate of drug-likeness (QED) is 0.657. The van der Waals surface area contributed by atoms with Crippen LogP contribution in [-0.4, -0.2) is 6.54 Å². The van der Waals surface area contributed by atoms with Crippen molar-refractivity contribution in [3.05, 3.63) is 0 Å². The molecule has 4 saturated carbocycles. The maximum atomic E-state index is 5.99. The van der Waals surface area contributed by atoms with Crippen LogP contribution in [-0.2, 0) is 0 Å². The predicted octanol–water partition coefficient (Wildman–Crippen LogP) is 2.55. The van der Waals surface area contributed by atoms with Gasteiger partial charge in [0.25, 0.3) is 0 Å². The summed E-state index contributed by atoms with van der Waals surface area (Å²) >= 11 is 0. The first-order valence-electron chi connectivity index (χ1n) is 5.89. The van der Waals surface area contributed by atoms with Gasteiger partial charge in [-0.3, -0.25) is 0 Å². The van der Waals surface area contributed by atoms with Crippen molar-refractivity contribution in [3.63, 3.8) is 0 Å². The number of hydrogen-bond donors (Lipinski definition) is 1. The van der Waals surface area contributed by atoms with Crippen molar-refractivity contribution < 1.29 is 0 Å². The molecular formula is C12H21N. The molecule has 0 aliphatic heterocycles. The van der Waals surface area contributed by atoms with E-state index in [4.69, 9.17) is 5.73 Å². The minimum absolute atomic E-state index is 0.516. The highest BCUT2D eigenvalue weighted by atomic mass is 14.7. The highest BCUT2D eigenvalue weighted by Crippen LogP contribution is 2.69. The second-order valence-electron chi connectivity index (χ2n) is 6.11. The summed E-state index contributed by atoms with van der Waals surface area (Å²) in [5.74, 6) is 1.95. The maximum Gasteiger partial charge on any atom is -0.00179 e. The van der Waals surface area contributed by atoms with Crippen molar-refractivity contribution in [2.75, 3.05) is 6.54 Å². The zero-order valence-corrected chi connectivity index (χ0v) is 8.68. The molecule has 2 atom stereocenters. The van der Waals surface area contributed by atoms with Crippen LogP contribution in [0.4, 0.5) is 0 Å². The lowest BCUT2D eigenvalue weighted by Gasteiger charge is -2.67. The Morgan fingerprint density at radius 1 is 1.23 bits per heavy atom. The summed E-state index contributed by atoms with van der Waals surface area (Å²) in [5.41, 5.74) is 7.32. The van der Waals surface area contributed by atoms with Crippen LogP contribution >= 0.6 is 0 Å². The van der Waals surface area contributed by atoms with Gasteiger partial charge in [-0.15, -0.1) is 0 Å². The Bertz CT molecular complexity index is 229. The standard InChI is InChI=1S/C12H21N/c1-11(8-13)9-3-2-4-12(5-9)6-10(11)7-12/h9-10H,2-8,13H2,1H3. The number of nitrogens with two attached hydrogens (primary N) is 1. The lowest BCUT2D eigenvalue weighted by atomic mass is 9.39. The highest BCUT2D eigenvalue weighted by molar-refractivity contribution is 5.11. The summed E-state index contributed by atoms with van der Waals surface area (Å²) in [5, 5.41) is 0. The lowest BCUT2D eigenvalue weighted by Crippen LogP contribution is -2.60. The van der Waals surface area contributed by atoms with Gasteiger partial charge in [-0.25, -0.2) is 0 Å². The first-order chi connectivity index (χ1) is 6.19. The van der Waals surface area contributed by atoms with Crippen LogP contribution in [0, 0.1) is 22.7 Å². The molecule has 0 aromatic rings. The van der Waals surface area contributed by atoms with Crippen molar-refractivity contribution in [1.29, 1.82) is 0 Å². The Hall–Kier alpha value is -0.0400. The van der Waals surface area contributed by atoms with Crippen molar-refractivity contribution in [2.24, 2.45) is 28.4 Å². The molecule has 0 aromatic heterocycles. The van der Waals surface area contributed by atoms with Gasteiger partial charge in [0.15, 0.2) is 0 Å². The second kappa shape index (κ2) is 2.31. The predicted molar refractivity (Wildman–Crippen MR) is 54.3 cm³/mol. The van der Waals surface area contributed by atoms with Crippen LogP contribution < -0.4 is 5.73 Å². The number of hydrogen-bond acceptors (Lipinski definition) is 1. The molecule has 4 aliphatic rings. The molecule has 4 fully saturated rings. The molecule has 0 amide bonds. The smallest absolute Gasteiger partial charge is 0.00179 e.